The van der Waals surface area contributed by atoms with Gasteiger partial charge in [-0.15, -0.1) is 0 Å². The van der Waals surface area contributed by atoms with Crippen LogP contribution in [-0.2, 0) is 0 Å². The second-order valence-electron chi connectivity index (χ2n) is 4.12. The Kier molecular flexibility index (Phi) is 2.38. The molecule has 0 heteroatoms. The molecule has 0 saturated heterocycles. The molecule has 0 aromatic carbocycles. The maximum Gasteiger partial charge on any atom is -0.0274 e. The fourth-order valence-electron chi connectivity index (χ4n) is 1.81. The van der Waals surface area contributed by atoms with Crippen molar-refractivity contribution in [3.05, 3.63) is 0 Å². The first-order valence-electron chi connectivity index (χ1n) is 4.71. The standard InChI is InChI=1S/C10H20/c1-4-5-6-10(7-8-10)9(2)3/h9H,4-8H2,1-3H3. The van der Waals surface area contributed by atoms with Gasteiger partial charge in [0.25, 0.3) is 0 Å². The van der Waals surface area contributed by atoms with Gasteiger partial charge in [-0.2, -0.15) is 0 Å². The quantitative estimate of drug-likeness (QED) is 0.559. The second kappa shape index (κ2) is 2.94. The van der Waals surface area contributed by atoms with Gasteiger partial charge in [-0.1, -0.05) is 33.6 Å². The van der Waals surface area contributed by atoms with Crippen molar-refractivity contribution in [1.82, 2.24) is 0 Å². The Bertz CT molecular complexity index is 98.6. The van der Waals surface area contributed by atoms with Gasteiger partial charge in [0.1, 0.15) is 0 Å². The summed E-state index contributed by atoms with van der Waals surface area (Å²) in [6.45, 7) is 7.04. The van der Waals surface area contributed by atoms with Crippen molar-refractivity contribution in [2.75, 3.05) is 0 Å². The fraction of sp³-hybridized carbons (Fsp3) is 1.00. The third-order valence-electron chi connectivity index (χ3n) is 3.15. The molecule has 0 spiro atoms. The Morgan fingerprint density at radius 1 is 1.30 bits per heavy atom. The van der Waals surface area contributed by atoms with Gasteiger partial charge >= 0.3 is 0 Å². The summed E-state index contributed by atoms with van der Waals surface area (Å²) in [5.74, 6) is 0.930. The lowest BCUT2D eigenvalue weighted by molar-refractivity contribution is 0.324. The normalized spacial score (nSPS) is 21.6. The molecule has 1 rings (SSSR count). The average molecular weight is 140 g/mol. The van der Waals surface area contributed by atoms with Crippen LogP contribution in [0, 0.1) is 11.3 Å². The smallest absolute Gasteiger partial charge is 0.0274 e. The van der Waals surface area contributed by atoms with Crippen LogP contribution in [0.1, 0.15) is 52.9 Å². The predicted octanol–water partition coefficient (Wildman–Crippen LogP) is 3.61. The van der Waals surface area contributed by atoms with E-state index in [9.17, 15) is 0 Å². The van der Waals surface area contributed by atoms with E-state index >= 15 is 0 Å². The van der Waals surface area contributed by atoms with E-state index in [2.05, 4.69) is 20.8 Å². The molecule has 0 nitrogen and oxygen atoms in total. The van der Waals surface area contributed by atoms with Crippen LogP contribution in [0.15, 0.2) is 0 Å². The van der Waals surface area contributed by atoms with Crippen molar-refractivity contribution in [1.29, 1.82) is 0 Å². The molecule has 60 valence electrons. The van der Waals surface area contributed by atoms with E-state index in [4.69, 9.17) is 0 Å². The van der Waals surface area contributed by atoms with Gasteiger partial charge in [-0.3, -0.25) is 0 Å². The van der Waals surface area contributed by atoms with Crippen molar-refractivity contribution in [3.63, 3.8) is 0 Å². The minimum absolute atomic E-state index is 0.802. The lowest BCUT2D eigenvalue weighted by atomic mass is 9.87. The summed E-state index contributed by atoms with van der Waals surface area (Å²) in [6, 6.07) is 0. The predicted molar refractivity (Wildman–Crippen MR) is 46.0 cm³/mol. The summed E-state index contributed by atoms with van der Waals surface area (Å²) < 4.78 is 0. The molecule has 1 fully saturated rings. The van der Waals surface area contributed by atoms with Crippen molar-refractivity contribution in [2.24, 2.45) is 11.3 Å². The van der Waals surface area contributed by atoms with E-state index in [1.54, 1.807) is 0 Å². The number of hydrogen-bond donors (Lipinski definition) is 0. The highest BCUT2D eigenvalue weighted by atomic mass is 14.5. The van der Waals surface area contributed by atoms with Crippen molar-refractivity contribution >= 4 is 0 Å². The first kappa shape index (κ1) is 8.10. The van der Waals surface area contributed by atoms with Crippen LogP contribution >= 0.6 is 0 Å². The van der Waals surface area contributed by atoms with Crippen molar-refractivity contribution < 1.29 is 0 Å². The largest absolute Gasteiger partial charge is 0.0654 e. The third kappa shape index (κ3) is 1.53. The number of rotatable bonds is 4. The number of unbranched alkanes of at least 4 members (excludes halogenated alkanes) is 1. The molecule has 1 saturated carbocycles. The molecule has 0 bridgehead atoms. The summed E-state index contributed by atoms with van der Waals surface area (Å²) in [7, 11) is 0. The maximum absolute atomic E-state index is 2.38. The Labute approximate surface area is 65.0 Å². The third-order valence-corrected chi connectivity index (χ3v) is 3.15. The highest BCUT2D eigenvalue weighted by molar-refractivity contribution is 4.94. The van der Waals surface area contributed by atoms with Crippen LogP contribution in [0.25, 0.3) is 0 Å². The first-order valence-corrected chi connectivity index (χ1v) is 4.71. The lowest BCUT2D eigenvalue weighted by Gasteiger charge is -2.18. The molecule has 1 aliphatic rings. The molecule has 0 N–H and O–H groups in total. The van der Waals surface area contributed by atoms with Crippen LogP contribution in [0.4, 0.5) is 0 Å². The van der Waals surface area contributed by atoms with Crippen molar-refractivity contribution in [2.45, 2.75) is 52.9 Å². The van der Waals surface area contributed by atoms with Gasteiger partial charge < -0.3 is 0 Å². The van der Waals surface area contributed by atoms with E-state index in [0.29, 0.717) is 0 Å². The zero-order valence-corrected chi connectivity index (χ0v) is 7.61. The van der Waals surface area contributed by atoms with Crippen molar-refractivity contribution in [3.8, 4) is 0 Å². The van der Waals surface area contributed by atoms with E-state index in [1.807, 2.05) is 0 Å². The van der Waals surface area contributed by atoms with Gasteiger partial charge in [0.15, 0.2) is 0 Å². The molecule has 10 heavy (non-hydrogen) atoms. The molecular formula is C10H20. The monoisotopic (exact) mass is 140 g/mol. The number of hydrogen-bond acceptors (Lipinski definition) is 0. The summed E-state index contributed by atoms with van der Waals surface area (Å²) in [5, 5.41) is 0. The molecule has 0 aromatic heterocycles. The SMILES string of the molecule is CCCCC1(C(C)C)CC1. The van der Waals surface area contributed by atoms with Crippen LogP contribution in [0.2, 0.25) is 0 Å². The Balaban J connectivity index is 2.24. The first-order chi connectivity index (χ1) is 4.71. The summed E-state index contributed by atoms with van der Waals surface area (Å²) in [4.78, 5) is 0. The summed E-state index contributed by atoms with van der Waals surface area (Å²) >= 11 is 0. The van der Waals surface area contributed by atoms with E-state index < -0.39 is 0 Å². The Morgan fingerprint density at radius 3 is 2.20 bits per heavy atom. The second-order valence-corrected chi connectivity index (χ2v) is 4.12. The van der Waals surface area contributed by atoms with Gasteiger partial charge in [0.2, 0.25) is 0 Å². The van der Waals surface area contributed by atoms with Gasteiger partial charge in [-0.05, 0) is 30.6 Å². The molecule has 0 atom stereocenters. The zero-order valence-electron chi connectivity index (χ0n) is 7.61. The molecule has 0 aliphatic heterocycles. The Hall–Kier alpha value is 0. The molecule has 0 radical (unpaired) electrons. The highest BCUT2D eigenvalue weighted by Gasteiger charge is 2.43. The lowest BCUT2D eigenvalue weighted by Crippen LogP contribution is -2.08. The average Bonchev–Trinajstić information content (AvgIpc) is 2.64. The molecule has 0 amide bonds. The highest BCUT2D eigenvalue weighted by Crippen LogP contribution is 2.55. The van der Waals surface area contributed by atoms with Crippen LogP contribution in [-0.4, -0.2) is 0 Å². The van der Waals surface area contributed by atoms with E-state index in [0.717, 1.165) is 11.3 Å². The molecular weight excluding hydrogens is 120 g/mol. The topological polar surface area (TPSA) is 0 Å². The Morgan fingerprint density at radius 2 is 1.90 bits per heavy atom. The fourth-order valence-corrected chi connectivity index (χ4v) is 1.81. The maximum atomic E-state index is 2.38. The molecule has 0 aromatic rings. The minimum atomic E-state index is 0.802. The summed E-state index contributed by atoms with van der Waals surface area (Å²) in [5.41, 5.74) is 0.802. The molecule has 1 aliphatic carbocycles. The van der Waals surface area contributed by atoms with E-state index in [1.165, 1.54) is 32.1 Å². The van der Waals surface area contributed by atoms with Crippen LogP contribution in [0.5, 0.6) is 0 Å². The summed E-state index contributed by atoms with van der Waals surface area (Å²) in [6.07, 6.45) is 7.31. The zero-order chi connectivity index (χ0) is 7.61. The molecule has 0 heterocycles. The van der Waals surface area contributed by atoms with Gasteiger partial charge in [-0.25, -0.2) is 0 Å². The van der Waals surface area contributed by atoms with Crippen LogP contribution < -0.4 is 0 Å². The molecule has 0 unspecified atom stereocenters. The van der Waals surface area contributed by atoms with Crippen LogP contribution in [0.3, 0.4) is 0 Å². The van der Waals surface area contributed by atoms with E-state index in [-0.39, 0.29) is 0 Å². The van der Waals surface area contributed by atoms with Gasteiger partial charge in [0.05, 0.1) is 0 Å². The van der Waals surface area contributed by atoms with Gasteiger partial charge in [0, 0.05) is 0 Å². The minimum Gasteiger partial charge on any atom is -0.0654 e.